The van der Waals surface area contributed by atoms with E-state index in [1.54, 1.807) is 24.3 Å². The number of hydrogen-bond acceptors (Lipinski definition) is 5. The Balaban J connectivity index is 1.72. The summed E-state index contributed by atoms with van der Waals surface area (Å²) < 4.78 is 28.3. The van der Waals surface area contributed by atoms with Crippen molar-refractivity contribution in [3.63, 3.8) is 0 Å². The third-order valence-corrected chi connectivity index (χ3v) is 6.95. The third-order valence-electron chi connectivity index (χ3n) is 4.56. The first-order chi connectivity index (χ1) is 15.3. The molecule has 0 aliphatic heterocycles. The van der Waals surface area contributed by atoms with Crippen LogP contribution < -0.4 is 5.43 Å². The summed E-state index contributed by atoms with van der Waals surface area (Å²) >= 11 is 3.30. The van der Waals surface area contributed by atoms with Crippen LogP contribution in [-0.2, 0) is 21.2 Å². The predicted molar refractivity (Wildman–Crippen MR) is 127 cm³/mol. The van der Waals surface area contributed by atoms with Crippen LogP contribution in [-0.4, -0.2) is 43.0 Å². The maximum absolute atomic E-state index is 13.2. The van der Waals surface area contributed by atoms with E-state index < -0.39 is 15.9 Å². The minimum Gasteiger partial charge on any atom is -0.508 e. The van der Waals surface area contributed by atoms with Gasteiger partial charge in [0.1, 0.15) is 5.75 Å². The van der Waals surface area contributed by atoms with Gasteiger partial charge >= 0.3 is 0 Å². The number of halogens is 1. The molecule has 1 amide bonds. The monoisotopic (exact) mass is 515 g/mol. The molecule has 3 aromatic rings. The number of nitrogens with one attached hydrogen (secondary N) is 1. The molecule has 0 fully saturated rings. The molecule has 0 bridgehead atoms. The molecular formula is C23H22BrN3O4S. The zero-order valence-corrected chi connectivity index (χ0v) is 19.5. The zero-order chi connectivity index (χ0) is 23.0. The first-order valence-electron chi connectivity index (χ1n) is 9.75. The number of benzene rings is 3. The van der Waals surface area contributed by atoms with Gasteiger partial charge in [-0.05, 0) is 66.1 Å². The van der Waals surface area contributed by atoms with Gasteiger partial charge < -0.3 is 5.11 Å². The van der Waals surface area contributed by atoms with Crippen LogP contribution in [0.1, 0.15) is 11.1 Å². The quantitative estimate of drug-likeness (QED) is 0.336. The van der Waals surface area contributed by atoms with Gasteiger partial charge in [-0.3, -0.25) is 4.79 Å². The predicted octanol–water partition coefficient (Wildman–Crippen LogP) is 3.54. The summed E-state index contributed by atoms with van der Waals surface area (Å²) in [6, 6.07) is 22.0. The van der Waals surface area contributed by atoms with Crippen LogP contribution in [0, 0.1) is 0 Å². The number of nitrogens with zero attached hydrogens (tertiary/aromatic N) is 2. The highest BCUT2D eigenvalue weighted by molar-refractivity contribution is 9.10. The van der Waals surface area contributed by atoms with Gasteiger partial charge in [0.15, 0.2) is 0 Å². The average Bonchev–Trinajstić information content (AvgIpc) is 2.79. The Hall–Kier alpha value is -3.01. The third kappa shape index (κ3) is 6.74. The van der Waals surface area contributed by atoms with E-state index in [2.05, 4.69) is 26.5 Å². The Morgan fingerprint density at radius 3 is 2.31 bits per heavy atom. The summed E-state index contributed by atoms with van der Waals surface area (Å²) in [5.74, 6) is -0.438. The Labute approximate surface area is 195 Å². The largest absolute Gasteiger partial charge is 0.508 e. The molecule has 3 rings (SSSR count). The van der Waals surface area contributed by atoms with Crippen molar-refractivity contribution in [2.75, 3.05) is 13.1 Å². The van der Waals surface area contributed by atoms with E-state index in [0.29, 0.717) is 12.0 Å². The van der Waals surface area contributed by atoms with Crippen molar-refractivity contribution in [2.45, 2.75) is 11.3 Å². The molecule has 0 atom stereocenters. The molecular weight excluding hydrogens is 494 g/mol. The molecule has 166 valence electrons. The van der Waals surface area contributed by atoms with E-state index in [1.807, 2.05) is 30.3 Å². The smallest absolute Gasteiger partial charge is 0.255 e. The zero-order valence-electron chi connectivity index (χ0n) is 17.1. The van der Waals surface area contributed by atoms with Crippen molar-refractivity contribution in [1.82, 2.24) is 9.73 Å². The number of hydrazone groups is 1. The summed E-state index contributed by atoms with van der Waals surface area (Å²) in [4.78, 5) is 12.6. The van der Waals surface area contributed by atoms with Gasteiger partial charge in [-0.15, -0.1) is 0 Å². The van der Waals surface area contributed by atoms with E-state index in [1.165, 1.54) is 30.5 Å². The fourth-order valence-corrected chi connectivity index (χ4v) is 4.53. The number of hydrogen-bond donors (Lipinski definition) is 2. The van der Waals surface area contributed by atoms with Crippen LogP contribution >= 0.6 is 15.9 Å². The standard InChI is InChI=1S/C23H22BrN3O4S/c24-20-8-12-22(13-9-20)32(30,31)27(15-14-18-4-2-1-3-5-18)17-23(29)26-25-16-19-6-10-21(28)11-7-19/h1-13,16,28H,14-15,17H2,(H,26,29)/b25-16+. The second kappa shape index (κ2) is 11.0. The Morgan fingerprint density at radius 1 is 1.00 bits per heavy atom. The number of phenols is 1. The minimum atomic E-state index is -3.89. The molecule has 2 N–H and O–H groups in total. The lowest BCUT2D eigenvalue weighted by atomic mass is 10.1. The normalized spacial score (nSPS) is 11.7. The molecule has 0 spiro atoms. The number of phenolic OH excluding ortho intramolecular Hbond substituents is 1. The van der Waals surface area contributed by atoms with Crippen LogP contribution in [0.5, 0.6) is 5.75 Å². The summed E-state index contributed by atoms with van der Waals surface area (Å²) in [6.45, 7) is -0.240. The number of carbonyl (C=O) groups excluding carboxylic acids is 1. The number of carbonyl (C=O) groups is 1. The van der Waals surface area contributed by atoms with Crippen LogP contribution in [0.15, 0.2) is 93.3 Å². The molecule has 0 saturated heterocycles. The topological polar surface area (TPSA) is 99.1 Å². The van der Waals surface area contributed by atoms with E-state index in [-0.39, 0.29) is 23.7 Å². The second-order valence-electron chi connectivity index (χ2n) is 6.91. The molecule has 3 aromatic carbocycles. The maximum atomic E-state index is 13.2. The highest BCUT2D eigenvalue weighted by Gasteiger charge is 2.26. The molecule has 0 saturated carbocycles. The van der Waals surface area contributed by atoms with Gasteiger partial charge in [0.2, 0.25) is 10.0 Å². The maximum Gasteiger partial charge on any atom is 0.255 e. The van der Waals surface area contributed by atoms with Gasteiger partial charge in [-0.2, -0.15) is 9.41 Å². The molecule has 9 heteroatoms. The van der Waals surface area contributed by atoms with E-state index in [0.717, 1.165) is 14.3 Å². The molecule has 0 aliphatic rings. The van der Waals surface area contributed by atoms with Crippen molar-refractivity contribution in [1.29, 1.82) is 0 Å². The van der Waals surface area contributed by atoms with E-state index in [9.17, 15) is 18.3 Å². The Kier molecular flexibility index (Phi) is 8.15. The number of sulfonamides is 1. The lowest BCUT2D eigenvalue weighted by Gasteiger charge is -2.21. The lowest BCUT2D eigenvalue weighted by Crippen LogP contribution is -2.40. The van der Waals surface area contributed by atoms with Gasteiger partial charge in [0, 0.05) is 11.0 Å². The van der Waals surface area contributed by atoms with Gasteiger partial charge in [0.25, 0.3) is 5.91 Å². The Morgan fingerprint density at radius 2 is 1.66 bits per heavy atom. The molecule has 0 radical (unpaired) electrons. The van der Waals surface area contributed by atoms with E-state index in [4.69, 9.17) is 0 Å². The summed E-state index contributed by atoms with van der Waals surface area (Å²) in [7, 11) is -3.89. The molecule has 0 aromatic heterocycles. The van der Waals surface area contributed by atoms with Gasteiger partial charge in [0.05, 0.1) is 17.7 Å². The second-order valence-corrected chi connectivity index (χ2v) is 9.77. The number of rotatable bonds is 9. The Bertz CT molecular complexity index is 1170. The highest BCUT2D eigenvalue weighted by atomic mass is 79.9. The summed E-state index contributed by atoms with van der Waals surface area (Å²) in [5.41, 5.74) is 4.00. The fourth-order valence-electron chi connectivity index (χ4n) is 2.87. The van der Waals surface area contributed by atoms with Crippen molar-refractivity contribution < 1.29 is 18.3 Å². The lowest BCUT2D eigenvalue weighted by molar-refractivity contribution is -0.121. The van der Waals surface area contributed by atoms with Gasteiger partial charge in [-0.1, -0.05) is 46.3 Å². The van der Waals surface area contributed by atoms with E-state index >= 15 is 0 Å². The summed E-state index contributed by atoms with van der Waals surface area (Å²) in [6.07, 6.45) is 1.87. The molecule has 0 heterocycles. The highest BCUT2D eigenvalue weighted by Crippen LogP contribution is 2.19. The molecule has 7 nitrogen and oxygen atoms in total. The van der Waals surface area contributed by atoms with Crippen molar-refractivity contribution in [2.24, 2.45) is 5.10 Å². The van der Waals surface area contributed by atoms with Crippen LogP contribution in [0.4, 0.5) is 0 Å². The summed E-state index contributed by atoms with van der Waals surface area (Å²) in [5, 5.41) is 13.2. The minimum absolute atomic E-state index is 0.106. The molecule has 0 unspecified atom stereocenters. The SMILES string of the molecule is O=C(CN(CCc1ccccc1)S(=O)(=O)c1ccc(Br)cc1)N/N=C/c1ccc(O)cc1. The molecule has 32 heavy (non-hydrogen) atoms. The van der Waals surface area contributed by atoms with Crippen molar-refractivity contribution >= 4 is 38.1 Å². The number of amides is 1. The fraction of sp³-hybridized carbons (Fsp3) is 0.130. The van der Waals surface area contributed by atoms with Crippen LogP contribution in [0.25, 0.3) is 0 Å². The number of aromatic hydroxyl groups is 1. The average molecular weight is 516 g/mol. The van der Waals surface area contributed by atoms with Gasteiger partial charge in [-0.25, -0.2) is 13.8 Å². The first-order valence-corrected chi connectivity index (χ1v) is 12.0. The first kappa shape index (κ1) is 23.6. The van der Waals surface area contributed by atoms with Crippen molar-refractivity contribution in [3.05, 3.63) is 94.5 Å². The van der Waals surface area contributed by atoms with Crippen molar-refractivity contribution in [3.8, 4) is 5.75 Å². The van der Waals surface area contributed by atoms with Crippen LogP contribution in [0.3, 0.4) is 0 Å². The van der Waals surface area contributed by atoms with Crippen LogP contribution in [0.2, 0.25) is 0 Å². The molecule has 0 aliphatic carbocycles.